The van der Waals surface area contributed by atoms with Crippen molar-refractivity contribution in [2.24, 2.45) is 0 Å². The topological polar surface area (TPSA) is 114 Å². The Bertz CT molecular complexity index is 1360. The fourth-order valence-electron chi connectivity index (χ4n) is 4.57. The van der Waals surface area contributed by atoms with Crippen LogP contribution in [0, 0.1) is 0 Å². The summed E-state index contributed by atoms with van der Waals surface area (Å²) in [6, 6.07) is 4.76. The van der Waals surface area contributed by atoms with Gasteiger partial charge < -0.3 is 14.6 Å². The lowest BCUT2D eigenvalue weighted by atomic mass is 10.2. The van der Waals surface area contributed by atoms with Crippen molar-refractivity contribution in [1.82, 2.24) is 23.9 Å². The molecule has 2 N–H and O–H groups in total. The van der Waals surface area contributed by atoms with Gasteiger partial charge in [0.1, 0.15) is 11.6 Å². The Labute approximate surface area is 206 Å². The van der Waals surface area contributed by atoms with Gasteiger partial charge in [-0.15, -0.1) is 5.10 Å². The molecule has 0 saturated carbocycles. The Morgan fingerprint density at radius 1 is 1.14 bits per heavy atom. The molecule has 1 fully saturated rings. The Balaban J connectivity index is 1.83. The highest BCUT2D eigenvalue weighted by molar-refractivity contribution is 7.89. The lowest BCUT2D eigenvalue weighted by Gasteiger charge is -2.31. The van der Waals surface area contributed by atoms with Crippen LogP contribution in [0.15, 0.2) is 27.9 Å². The van der Waals surface area contributed by atoms with Crippen LogP contribution in [0.4, 0.5) is 0 Å². The lowest BCUT2D eigenvalue weighted by Crippen LogP contribution is -3.14. The van der Waals surface area contributed by atoms with Crippen molar-refractivity contribution in [2.75, 3.05) is 39.3 Å². The molecule has 0 aliphatic carbocycles. The summed E-state index contributed by atoms with van der Waals surface area (Å²) in [5.74, 6) is 1.42. The van der Waals surface area contributed by atoms with Crippen molar-refractivity contribution >= 4 is 15.5 Å². The summed E-state index contributed by atoms with van der Waals surface area (Å²) >= 11 is 0. The second kappa shape index (κ2) is 10.5. The minimum absolute atomic E-state index is 0.160. The van der Waals surface area contributed by atoms with Gasteiger partial charge in [-0.1, -0.05) is 13.8 Å². The van der Waals surface area contributed by atoms with E-state index in [4.69, 9.17) is 9.84 Å². The predicted octanol–water partition coefficient (Wildman–Crippen LogP) is 0.907. The summed E-state index contributed by atoms with van der Waals surface area (Å²) in [6.07, 6.45) is 2.15. The van der Waals surface area contributed by atoms with Gasteiger partial charge >= 0.3 is 0 Å². The molecule has 1 aromatic carbocycles. The van der Waals surface area contributed by atoms with Crippen molar-refractivity contribution in [1.29, 1.82) is 0 Å². The van der Waals surface area contributed by atoms with E-state index in [-0.39, 0.29) is 16.3 Å². The zero-order chi connectivity index (χ0) is 25.2. The first-order valence-electron chi connectivity index (χ1n) is 12.5. The van der Waals surface area contributed by atoms with E-state index in [1.165, 1.54) is 9.21 Å². The molecule has 190 valence electrons. The zero-order valence-corrected chi connectivity index (χ0v) is 21.7. The molecule has 4 rings (SSSR count). The maximum Gasteiger partial charge on any atom is 0.277 e. The predicted molar refractivity (Wildman–Crippen MR) is 134 cm³/mol. The molecule has 0 atom stereocenters. The van der Waals surface area contributed by atoms with Gasteiger partial charge in [-0.25, -0.2) is 17.9 Å². The molecule has 11 heteroatoms. The molecule has 1 aliphatic heterocycles. The number of likely N-dealkylation sites (N-methyl/N-ethyl adjacent to an activating group) is 1. The first kappa shape index (κ1) is 25.3. The molecule has 0 amide bonds. The van der Waals surface area contributed by atoms with E-state index in [1.807, 2.05) is 20.8 Å². The minimum atomic E-state index is -3.70. The Kier molecular flexibility index (Phi) is 7.58. The SMILES string of the molecule is CCCc1nc(CC)c2c(=O)[nH]c(-c3cc(S(=O)(=O)N4CC[NH+](CC)CC4)ccc3OCC)nn12. The number of nitrogens with one attached hydrogen (secondary N) is 2. The monoisotopic (exact) mass is 503 g/mol. The van der Waals surface area contributed by atoms with Gasteiger partial charge in [0, 0.05) is 6.42 Å². The number of benzene rings is 1. The van der Waals surface area contributed by atoms with E-state index in [1.54, 1.807) is 22.7 Å². The highest BCUT2D eigenvalue weighted by atomic mass is 32.2. The number of ether oxygens (including phenoxy) is 1. The van der Waals surface area contributed by atoms with Crippen LogP contribution in [0.1, 0.15) is 45.6 Å². The molecule has 0 bridgehead atoms. The third-order valence-electron chi connectivity index (χ3n) is 6.52. The van der Waals surface area contributed by atoms with E-state index in [0.717, 1.165) is 26.1 Å². The standard InChI is InChI=1S/C24H34N6O4S/c1-5-9-21-25-19(6-2)22-24(31)26-23(27-30(21)22)18-16-17(10-11-20(18)34-8-4)35(32,33)29-14-12-28(7-3)13-15-29/h10-11,16H,5-9,12-15H2,1-4H3,(H,26,27,31)/p+1. The smallest absolute Gasteiger partial charge is 0.277 e. The summed E-state index contributed by atoms with van der Waals surface area (Å²) in [6.45, 7) is 11.9. The van der Waals surface area contributed by atoms with E-state index < -0.39 is 10.0 Å². The number of aromatic amines is 1. The van der Waals surface area contributed by atoms with Crippen LogP contribution in [0.2, 0.25) is 0 Å². The van der Waals surface area contributed by atoms with Gasteiger partial charge in [-0.3, -0.25) is 4.79 Å². The summed E-state index contributed by atoms with van der Waals surface area (Å²) in [5, 5.41) is 4.70. The molecule has 0 spiro atoms. The Morgan fingerprint density at radius 2 is 1.89 bits per heavy atom. The van der Waals surface area contributed by atoms with Crippen LogP contribution in [-0.2, 0) is 22.9 Å². The van der Waals surface area contributed by atoms with Gasteiger partial charge in [-0.2, -0.15) is 4.31 Å². The largest absolute Gasteiger partial charge is 0.493 e. The van der Waals surface area contributed by atoms with Crippen LogP contribution < -0.4 is 15.2 Å². The fourth-order valence-corrected chi connectivity index (χ4v) is 6.04. The summed E-state index contributed by atoms with van der Waals surface area (Å²) < 4.78 is 35.9. The summed E-state index contributed by atoms with van der Waals surface area (Å²) in [5.41, 5.74) is 1.25. The first-order valence-corrected chi connectivity index (χ1v) is 13.9. The van der Waals surface area contributed by atoms with Gasteiger partial charge in [0.25, 0.3) is 5.56 Å². The van der Waals surface area contributed by atoms with Crippen molar-refractivity contribution in [3.63, 3.8) is 0 Å². The van der Waals surface area contributed by atoms with Crippen LogP contribution in [0.25, 0.3) is 16.9 Å². The molecule has 1 saturated heterocycles. The quantitative estimate of drug-likeness (QED) is 0.449. The Hall–Kier alpha value is -2.76. The normalized spacial score (nSPS) is 15.7. The second-order valence-corrected chi connectivity index (χ2v) is 10.7. The highest BCUT2D eigenvalue weighted by Crippen LogP contribution is 2.31. The molecule has 2 aromatic heterocycles. The van der Waals surface area contributed by atoms with Crippen LogP contribution in [-0.4, -0.2) is 71.6 Å². The molecule has 1 aliphatic rings. The van der Waals surface area contributed by atoms with E-state index in [0.29, 0.717) is 60.9 Å². The number of hydrogen-bond acceptors (Lipinski definition) is 6. The number of sulfonamides is 1. The second-order valence-electron chi connectivity index (χ2n) is 8.74. The number of H-pyrrole nitrogens is 1. The van der Waals surface area contributed by atoms with Gasteiger partial charge in [0.05, 0.1) is 55.5 Å². The van der Waals surface area contributed by atoms with Crippen molar-refractivity contribution in [2.45, 2.75) is 51.9 Å². The summed E-state index contributed by atoms with van der Waals surface area (Å²) in [4.78, 5) is 22.1. The first-order chi connectivity index (χ1) is 16.8. The molecule has 3 heterocycles. The number of piperazine rings is 1. The maximum absolute atomic E-state index is 13.5. The minimum Gasteiger partial charge on any atom is -0.493 e. The van der Waals surface area contributed by atoms with E-state index in [2.05, 4.69) is 16.9 Å². The van der Waals surface area contributed by atoms with Gasteiger partial charge in [-0.05, 0) is 44.9 Å². The van der Waals surface area contributed by atoms with Crippen LogP contribution in [0.5, 0.6) is 5.75 Å². The zero-order valence-electron chi connectivity index (χ0n) is 20.9. The lowest BCUT2D eigenvalue weighted by molar-refractivity contribution is -0.901. The third-order valence-corrected chi connectivity index (χ3v) is 8.42. The summed E-state index contributed by atoms with van der Waals surface area (Å²) in [7, 11) is -3.70. The molecular formula is C24H35N6O4S+. The number of nitrogens with zero attached hydrogens (tertiary/aromatic N) is 4. The number of imidazole rings is 1. The van der Waals surface area contributed by atoms with Gasteiger partial charge in [0.2, 0.25) is 10.0 Å². The third kappa shape index (κ3) is 4.85. The number of hydrogen-bond donors (Lipinski definition) is 2. The fraction of sp³-hybridized carbons (Fsp3) is 0.542. The van der Waals surface area contributed by atoms with Crippen molar-refractivity contribution < 1.29 is 18.1 Å². The molecule has 35 heavy (non-hydrogen) atoms. The molecule has 0 radical (unpaired) electrons. The van der Waals surface area contributed by atoms with Gasteiger partial charge in [0.15, 0.2) is 11.3 Å². The molecule has 3 aromatic rings. The average molecular weight is 504 g/mol. The molecule has 10 nitrogen and oxygen atoms in total. The van der Waals surface area contributed by atoms with Crippen molar-refractivity contribution in [3.05, 3.63) is 40.1 Å². The number of quaternary nitrogens is 1. The van der Waals surface area contributed by atoms with Crippen LogP contribution in [0.3, 0.4) is 0 Å². The number of fused-ring (bicyclic) bond motifs is 1. The molecular weight excluding hydrogens is 468 g/mol. The van der Waals surface area contributed by atoms with Crippen LogP contribution >= 0.6 is 0 Å². The average Bonchev–Trinajstić information content (AvgIpc) is 3.22. The number of aryl methyl sites for hydroxylation is 2. The highest BCUT2D eigenvalue weighted by Gasteiger charge is 2.31. The Morgan fingerprint density at radius 3 is 2.51 bits per heavy atom. The molecule has 0 unspecified atom stereocenters. The van der Waals surface area contributed by atoms with Crippen molar-refractivity contribution in [3.8, 4) is 17.1 Å². The van der Waals surface area contributed by atoms with E-state index >= 15 is 0 Å². The van der Waals surface area contributed by atoms with E-state index in [9.17, 15) is 13.2 Å². The maximum atomic E-state index is 13.5. The number of rotatable bonds is 9. The number of aromatic nitrogens is 4.